The van der Waals surface area contributed by atoms with Crippen LogP contribution in [0.4, 0.5) is 5.69 Å². The molecule has 1 fully saturated rings. The second-order valence-electron chi connectivity index (χ2n) is 6.14. The Hall–Kier alpha value is -2.57. The third-order valence-electron chi connectivity index (χ3n) is 4.16. The van der Waals surface area contributed by atoms with Crippen molar-refractivity contribution in [3.63, 3.8) is 0 Å². The van der Waals surface area contributed by atoms with Crippen molar-refractivity contribution >= 4 is 11.6 Å². The third kappa shape index (κ3) is 6.06. The van der Waals surface area contributed by atoms with E-state index in [1.165, 1.54) is 0 Å². The fourth-order valence-corrected chi connectivity index (χ4v) is 2.74. The maximum absolute atomic E-state index is 5.95. The highest BCUT2D eigenvalue weighted by Crippen LogP contribution is 2.14. The molecule has 1 saturated heterocycles. The number of guanidine groups is 1. The highest BCUT2D eigenvalue weighted by molar-refractivity contribution is 5.92. The monoisotopic (exact) mass is 354 g/mol. The lowest BCUT2D eigenvalue weighted by Crippen LogP contribution is -2.38. The number of nitrogens with two attached hydrogens (primary N) is 1. The molecule has 6 nitrogen and oxygen atoms in total. The molecule has 0 aliphatic carbocycles. The van der Waals surface area contributed by atoms with Crippen LogP contribution in [0.25, 0.3) is 0 Å². The first-order valence-corrected chi connectivity index (χ1v) is 8.93. The molecule has 2 aromatic rings. The quantitative estimate of drug-likeness (QED) is 0.590. The zero-order valence-electron chi connectivity index (χ0n) is 14.9. The lowest BCUT2D eigenvalue weighted by atomic mass is 10.2. The number of benzene rings is 2. The molecule has 0 spiro atoms. The van der Waals surface area contributed by atoms with E-state index in [4.69, 9.17) is 15.2 Å². The van der Waals surface area contributed by atoms with E-state index in [0.29, 0.717) is 19.1 Å². The average Bonchev–Trinajstić information content (AvgIpc) is 2.68. The Morgan fingerprint density at radius 3 is 2.73 bits per heavy atom. The summed E-state index contributed by atoms with van der Waals surface area (Å²) in [6.07, 6.45) is 0. The van der Waals surface area contributed by atoms with Crippen molar-refractivity contribution in [2.75, 3.05) is 44.8 Å². The molecule has 1 heterocycles. The van der Waals surface area contributed by atoms with Gasteiger partial charge in [0, 0.05) is 25.3 Å². The van der Waals surface area contributed by atoms with E-state index < -0.39 is 0 Å². The van der Waals surface area contributed by atoms with Gasteiger partial charge in [0.1, 0.15) is 12.4 Å². The first-order valence-electron chi connectivity index (χ1n) is 8.93. The van der Waals surface area contributed by atoms with Crippen LogP contribution in [-0.4, -0.2) is 50.3 Å². The topological polar surface area (TPSA) is 72.1 Å². The van der Waals surface area contributed by atoms with E-state index in [1.54, 1.807) is 0 Å². The van der Waals surface area contributed by atoms with Crippen molar-refractivity contribution in [3.05, 3.63) is 60.2 Å². The van der Waals surface area contributed by atoms with Crippen LogP contribution in [0.2, 0.25) is 0 Å². The van der Waals surface area contributed by atoms with Gasteiger partial charge in [0.25, 0.3) is 0 Å². The predicted molar refractivity (Wildman–Crippen MR) is 105 cm³/mol. The normalized spacial score (nSPS) is 15.6. The Morgan fingerprint density at radius 2 is 1.92 bits per heavy atom. The fraction of sp³-hybridized carbons (Fsp3) is 0.350. The highest BCUT2D eigenvalue weighted by Gasteiger charge is 2.09. The maximum Gasteiger partial charge on any atom is 0.193 e. The lowest BCUT2D eigenvalue weighted by molar-refractivity contribution is 0.0322. The molecule has 0 bridgehead atoms. The molecule has 0 unspecified atom stereocenters. The van der Waals surface area contributed by atoms with Gasteiger partial charge in [-0.25, -0.2) is 4.99 Å². The predicted octanol–water partition coefficient (Wildman–Crippen LogP) is 2.32. The lowest BCUT2D eigenvalue weighted by Gasteiger charge is -2.26. The fourth-order valence-electron chi connectivity index (χ4n) is 2.74. The zero-order valence-corrected chi connectivity index (χ0v) is 14.9. The summed E-state index contributed by atoms with van der Waals surface area (Å²) in [6.45, 7) is 5.67. The van der Waals surface area contributed by atoms with Gasteiger partial charge in [-0.3, -0.25) is 4.90 Å². The molecule has 3 rings (SSSR count). The highest BCUT2D eigenvalue weighted by atomic mass is 16.5. The summed E-state index contributed by atoms with van der Waals surface area (Å²) < 4.78 is 11.2. The van der Waals surface area contributed by atoms with E-state index in [2.05, 4.69) is 15.2 Å². The molecule has 26 heavy (non-hydrogen) atoms. The van der Waals surface area contributed by atoms with Crippen LogP contribution in [0.3, 0.4) is 0 Å². The van der Waals surface area contributed by atoms with E-state index in [-0.39, 0.29) is 0 Å². The number of morpholine rings is 1. The number of anilines is 1. The Labute approximate surface area is 154 Å². The molecule has 0 amide bonds. The molecule has 0 saturated carbocycles. The van der Waals surface area contributed by atoms with Gasteiger partial charge < -0.3 is 20.5 Å². The number of para-hydroxylation sites is 1. The summed E-state index contributed by atoms with van der Waals surface area (Å²) in [5.41, 5.74) is 7.93. The number of ether oxygens (including phenoxy) is 2. The van der Waals surface area contributed by atoms with Crippen LogP contribution in [0.15, 0.2) is 59.6 Å². The number of aliphatic imine (C=N–C) groups is 1. The van der Waals surface area contributed by atoms with E-state index in [9.17, 15) is 0 Å². The minimum Gasteiger partial charge on any atom is -0.492 e. The van der Waals surface area contributed by atoms with Crippen LogP contribution < -0.4 is 15.8 Å². The van der Waals surface area contributed by atoms with Crippen LogP contribution >= 0.6 is 0 Å². The summed E-state index contributed by atoms with van der Waals surface area (Å²) in [5.74, 6) is 1.26. The van der Waals surface area contributed by atoms with Gasteiger partial charge in [-0.2, -0.15) is 0 Å². The maximum atomic E-state index is 5.95. The molecule has 1 aliphatic heterocycles. The summed E-state index contributed by atoms with van der Waals surface area (Å²) in [7, 11) is 0. The smallest absolute Gasteiger partial charge is 0.193 e. The Bertz CT molecular complexity index is 700. The van der Waals surface area contributed by atoms with Crippen molar-refractivity contribution in [2.45, 2.75) is 6.54 Å². The molecule has 0 atom stereocenters. The molecule has 0 radical (unpaired) electrons. The number of nitrogens with zero attached hydrogens (tertiary/aromatic N) is 2. The summed E-state index contributed by atoms with van der Waals surface area (Å²) in [5, 5.41) is 3.08. The first-order chi connectivity index (χ1) is 12.8. The van der Waals surface area contributed by atoms with Crippen molar-refractivity contribution in [2.24, 2.45) is 10.7 Å². The average molecular weight is 354 g/mol. The summed E-state index contributed by atoms with van der Waals surface area (Å²) in [4.78, 5) is 6.74. The third-order valence-corrected chi connectivity index (χ3v) is 4.16. The van der Waals surface area contributed by atoms with Gasteiger partial charge in [-0.15, -0.1) is 0 Å². The molecule has 3 N–H and O–H groups in total. The van der Waals surface area contributed by atoms with Gasteiger partial charge in [-0.05, 0) is 29.8 Å². The minimum atomic E-state index is 0.398. The largest absolute Gasteiger partial charge is 0.492 e. The zero-order chi connectivity index (χ0) is 18.0. The number of rotatable bonds is 7. The molecule has 6 heteroatoms. The molecule has 0 aromatic heterocycles. The number of hydrogen-bond acceptors (Lipinski definition) is 4. The van der Waals surface area contributed by atoms with Gasteiger partial charge in [-0.1, -0.05) is 30.3 Å². The van der Waals surface area contributed by atoms with Crippen molar-refractivity contribution < 1.29 is 9.47 Å². The second-order valence-corrected chi connectivity index (χ2v) is 6.14. The van der Waals surface area contributed by atoms with Gasteiger partial charge in [0.05, 0.1) is 19.8 Å². The Kier molecular flexibility index (Phi) is 6.87. The van der Waals surface area contributed by atoms with E-state index in [1.807, 2.05) is 54.6 Å². The van der Waals surface area contributed by atoms with Gasteiger partial charge in [0.2, 0.25) is 0 Å². The van der Waals surface area contributed by atoms with Crippen LogP contribution in [0, 0.1) is 0 Å². The molecule has 138 valence electrons. The second kappa shape index (κ2) is 9.79. The van der Waals surface area contributed by atoms with E-state index >= 15 is 0 Å². The van der Waals surface area contributed by atoms with Crippen molar-refractivity contribution in [1.82, 2.24) is 4.90 Å². The number of hydrogen-bond donors (Lipinski definition) is 2. The first kappa shape index (κ1) is 18.2. The van der Waals surface area contributed by atoms with Crippen LogP contribution in [0.1, 0.15) is 5.56 Å². The summed E-state index contributed by atoms with van der Waals surface area (Å²) >= 11 is 0. The Balaban J connectivity index is 1.46. The van der Waals surface area contributed by atoms with Gasteiger partial charge >= 0.3 is 0 Å². The van der Waals surface area contributed by atoms with Crippen LogP contribution in [0.5, 0.6) is 5.75 Å². The van der Waals surface area contributed by atoms with Crippen LogP contribution in [-0.2, 0) is 11.3 Å². The van der Waals surface area contributed by atoms with Crippen molar-refractivity contribution in [1.29, 1.82) is 0 Å². The Morgan fingerprint density at radius 1 is 1.12 bits per heavy atom. The SMILES string of the molecule is NC(=NCc1cccc(OCCN2CCOCC2)c1)Nc1ccccc1. The number of nitrogens with one attached hydrogen (secondary N) is 1. The van der Waals surface area contributed by atoms with E-state index in [0.717, 1.165) is 49.8 Å². The van der Waals surface area contributed by atoms with Crippen molar-refractivity contribution in [3.8, 4) is 5.75 Å². The van der Waals surface area contributed by atoms with Gasteiger partial charge in [0.15, 0.2) is 5.96 Å². The molecular weight excluding hydrogens is 328 g/mol. The molecular formula is C20H26N4O2. The summed E-state index contributed by atoms with van der Waals surface area (Å²) in [6, 6.07) is 17.8. The molecule has 2 aromatic carbocycles. The standard InChI is InChI=1S/C20H26N4O2/c21-20(23-18-6-2-1-3-7-18)22-16-17-5-4-8-19(15-17)26-14-11-24-9-12-25-13-10-24/h1-8,15H,9-14,16H2,(H3,21,22,23). The minimum absolute atomic E-state index is 0.398. The molecule has 1 aliphatic rings.